The molecule has 0 N–H and O–H groups in total. The van der Waals surface area contributed by atoms with Gasteiger partial charge in [-0.15, -0.1) is 0 Å². The first-order valence-corrected chi connectivity index (χ1v) is 10.4. The standard InChI is InChI=1S/C24H30N4O2/c1-19-9-10-21(17-20(19)2)28(12-6-11-25)24(29)18-26-13-15-27(16-14-26)22-7-4-5-8-23(22)30-3/h4-5,7-10,17H,6,12-16,18H2,1-3H3. The number of aryl methyl sites for hydroxylation is 2. The summed E-state index contributed by atoms with van der Waals surface area (Å²) in [4.78, 5) is 19.4. The molecular formula is C24H30N4O2. The summed E-state index contributed by atoms with van der Waals surface area (Å²) in [6, 6.07) is 16.2. The maximum Gasteiger partial charge on any atom is 0.241 e. The Kier molecular flexibility index (Phi) is 7.31. The van der Waals surface area contributed by atoms with Gasteiger partial charge in [0.1, 0.15) is 5.75 Å². The molecule has 1 saturated heterocycles. The minimum atomic E-state index is 0.0410. The molecule has 0 atom stereocenters. The molecule has 1 heterocycles. The Morgan fingerprint density at radius 1 is 1.10 bits per heavy atom. The first-order chi connectivity index (χ1) is 14.5. The molecule has 1 fully saturated rings. The van der Waals surface area contributed by atoms with E-state index in [1.165, 1.54) is 5.56 Å². The van der Waals surface area contributed by atoms with Crippen molar-refractivity contribution in [1.82, 2.24) is 4.90 Å². The lowest BCUT2D eigenvalue weighted by molar-refractivity contribution is -0.119. The Hall–Kier alpha value is -3.04. The number of benzene rings is 2. The van der Waals surface area contributed by atoms with Crippen molar-refractivity contribution in [3.63, 3.8) is 0 Å². The number of amides is 1. The molecule has 6 heteroatoms. The summed E-state index contributed by atoms with van der Waals surface area (Å²) < 4.78 is 5.48. The number of piperazine rings is 1. The smallest absolute Gasteiger partial charge is 0.241 e. The molecule has 2 aromatic rings. The molecule has 158 valence electrons. The van der Waals surface area contributed by atoms with Crippen molar-refractivity contribution in [3.8, 4) is 11.8 Å². The molecule has 3 rings (SSSR count). The summed E-state index contributed by atoms with van der Waals surface area (Å²) >= 11 is 0. The van der Waals surface area contributed by atoms with Crippen molar-refractivity contribution in [2.24, 2.45) is 0 Å². The maximum absolute atomic E-state index is 13.1. The summed E-state index contributed by atoms with van der Waals surface area (Å²) in [5, 5.41) is 9.03. The molecule has 0 spiro atoms. The summed E-state index contributed by atoms with van der Waals surface area (Å²) in [5.74, 6) is 0.915. The molecule has 1 amide bonds. The van der Waals surface area contributed by atoms with E-state index in [-0.39, 0.29) is 5.91 Å². The summed E-state index contributed by atoms with van der Waals surface area (Å²) in [6.07, 6.45) is 0.320. The van der Waals surface area contributed by atoms with Crippen molar-refractivity contribution in [1.29, 1.82) is 5.26 Å². The van der Waals surface area contributed by atoms with Crippen molar-refractivity contribution >= 4 is 17.3 Å². The van der Waals surface area contributed by atoms with Crippen molar-refractivity contribution in [2.45, 2.75) is 20.3 Å². The average Bonchev–Trinajstić information content (AvgIpc) is 2.77. The van der Waals surface area contributed by atoms with Crippen LogP contribution in [-0.4, -0.2) is 57.2 Å². The van der Waals surface area contributed by atoms with Gasteiger partial charge in [-0.05, 0) is 49.2 Å². The van der Waals surface area contributed by atoms with Crippen LogP contribution in [0.25, 0.3) is 0 Å². The Bertz CT molecular complexity index is 914. The fraction of sp³-hybridized carbons (Fsp3) is 0.417. The number of anilines is 2. The Labute approximate surface area is 179 Å². The molecule has 0 saturated carbocycles. The van der Waals surface area contributed by atoms with E-state index in [0.717, 1.165) is 48.9 Å². The first-order valence-electron chi connectivity index (χ1n) is 10.4. The highest BCUT2D eigenvalue weighted by Crippen LogP contribution is 2.28. The van der Waals surface area contributed by atoms with E-state index in [9.17, 15) is 4.79 Å². The summed E-state index contributed by atoms with van der Waals surface area (Å²) in [7, 11) is 1.69. The van der Waals surface area contributed by atoms with E-state index in [1.54, 1.807) is 12.0 Å². The highest BCUT2D eigenvalue weighted by atomic mass is 16.5. The van der Waals surface area contributed by atoms with Crippen LogP contribution in [0.2, 0.25) is 0 Å². The van der Waals surface area contributed by atoms with Gasteiger partial charge >= 0.3 is 0 Å². The first kappa shape index (κ1) is 21.7. The summed E-state index contributed by atoms with van der Waals surface area (Å²) in [5.41, 5.74) is 4.30. The molecule has 0 unspecified atom stereocenters. The molecule has 2 aromatic carbocycles. The minimum Gasteiger partial charge on any atom is -0.495 e. The zero-order valence-electron chi connectivity index (χ0n) is 18.1. The van der Waals surface area contributed by atoms with Gasteiger partial charge in [-0.3, -0.25) is 9.69 Å². The predicted octanol–water partition coefficient (Wildman–Crippen LogP) is 3.38. The number of hydrogen-bond acceptors (Lipinski definition) is 5. The molecule has 0 radical (unpaired) electrons. The monoisotopic (exact) mass is 406 g/mol. The third kappa shape index (κ3) is 5.11. The number of para-hydroxylation sites is 2. The van der Waals surface area contributed by atoms with E-state index in [1.807, 2.05) is 43.3 Å². The molecular weight excluding hydrogens is 376 g/mol. The molecule has 30 heavy (non-hydrogen) atoms. The van der Waals surface area contributed by atoms with Gasteiger partial charge in [-0.25, -0.2) is 0 Å². The topological polar surface area (TPSA) is 59.8 Å². The van der Waals surface area contributed by atoms with Crippen LogP contribution in [0, 0.1) is 25.2 Å². The van der Waals surface area contributed by atoms with E-state index in [0.29, 0.717) is 19.5 Å². The SMILES string of the molecule is COc1ccccc1N1CCN(CC(=O)N(CCC#N)c2ccc(C)c(C)c2)CC1. The van der Waals surface area contributed by atoms with Crippen LogP contribution < -0.4 is 14.5 Å². The van der Waals surface area contributed by atoms with Crippen molar-refractivity contribution in [2.75, 3.05) is 56.2 Å². The molecule has 6 nitrogen and oxygen atoms in total. The normalized spacial score (nSPS) is 14.3. The minimum absolute atomic E-state index is 0.0410. The molecule has 0 aliphatic carbocycles. The van der Waals surface area contributed by atoms with E-state index >= 15 is 0 Å². The lowest BCUT2D eigenvalue weighted by Gasteiger charge is -2.37. The molecule has 1 aliphatic rings. The maximum atomic E-state index is 13.1. The van der Waals surface area contributed by atoms with Gasteiger partial charge in [0.2, 0.25) is 5.91 Å². The van der Waals surface area contributed by atoms with Gasteiger partial charge in [-0.1, -0.05) is 18.2 Å². The van der Waals surface area contributed by atoms with Crippen molar-refractivity contribution in [3.05, 3.63) is 53.6 Å². The lowest BCUT2D eigenvalue weighted by Crippen LogP contribution is -2.50. The number of nitrogens with zero attached hydrogens (tertiary/aromatic N) is 4. The van der Waals surface area contributed by atoms with Gasteiger partial charge < -0.3 is 14.5 Å². The summed E-state index contributed by atoms with van der Waals surface area (Å²) in [6.45, 7) is 8.18. The van der Waals surface area contributed by atoms with Gasteiger partial charge in [0.15, 0.2) is 0 Å². The van der Waals surface area contributed by atoms with Crippen LogP contribution in [0.5, 0.6) is 5.75 Å². The highest BCUT2D eigenvalue weighted by molar-refractivity contribution is 5.95. The number of ether oxygens (including phenoxy) is 1. The molecule has 0 bridgehead atoms. The van der Waals surface area contributed by atoms with Crippen LogP contribution in [0.1, 0.15) is 17.5 Å². The number of carbonyl (C=O) groups excluding carboxylic acids is 1. The van der Waals surface area contributed by atoms with Crippen LogP contribution >= 0.6 is 0 Å². The third-order valence-electron chi connectivity index (χ3n) is 5.71. The number of carbonyl (C=O) groups is 1. The van der Waals surface area contributed by atoms with Gasteiger partial charge in [0.25, 0.3) is 0 Å². The number of nitriles is 1. The van der Waals surface area contributed by atoms with Crippen LogP contribution in [0.15, 0.2) is 42.5 Å². The fourth-order valence-electron chi connectivity index (χ4n) is 3.77. The Balaban J connectivity index is 1.64. The van der Waals surface area contributed by atoms with E-state index < -0.39 is 0 Å². The second-order valence-electron chi connectivity index (χ2n) is 7.66. The highest BCUT2D eigenvalue weighted by Gasteiger charge is 2.24. The Morgan fingerprint density at radius 3 is 2.50 bits per heavy atom. The van der Waals surface area contributed by atoms with E-state index in [2.05, 4.69) is 28.9 Å². The predicted molar refractivity (Wildman–Crippen MR) is 120 cm³/mol. The van der Waals surface area contributed by atoms with Gasteiger partial charge in [0.05, 0.1) is 31.8 Å². The second kappa shape index (κ2) is 10.1. The number of methoxy groups -OCH3 is 1. The molecule has 1 aliphatic heterocycles. The van der Waals surface area contributed by atoms with Gasteiger partial charge in [-0.2, -0.15) is 5.26 Å². The van der Waals surface area contributed by atoms with E-state index in [4.69, 9.17) is 10.00 Å². The molecule has 0 aromatic heterocycles. The average molecular weight is 407 g/mol. The third-order valence-corrected chi connectivity index (χ3v) is 5.71. The fourth-order valence-corrected chi connectivity index (χ4v) is 3.77. The van der Waals surface area contributed by atoms with Crippen LogP contribution in [-0.2, 0) is 4.79 Å². The quantitative estimate of drug-likeness (QED) is 0.705. The number of hydrogen-bond donors (Lipinski definition) is 0. The zero-order valence-corrected chi connectivity index (χ0v) is 18.1. The number of rotatable bonds is 7. The largest absolute Gasteiger partial charge is 0.495 e. The van der Waals surface area contributed by atoms with Crippen molar-refractivity contribution < 1.29 is 9.53 Å². The van der Waals surface area contributed by atoms with Crippen LogP contribution in [0.3, 0.4) is 0 Å². The lowest BCUT2D eigenvalue weighted by atomic mass is 10.1. The van der Waals surface area contributed by atoms with Crippen LogP contribution in [0.4, 0.5) is 11.4 Å². The zero-order chi connectivity index (χ0) is 21.5. The van der Waals surface area contributed by atoms with Gasteiger partial charge in [0, 0.05) is 38.4 Å². The Morgan fingerprint density at radius 2 is 1.83 bits per heavy atom. The second-order valence-corrected chi connectivity index (χ2v) is 7.66.